The zero-order chi connectivity index (χ0) is 28.5. The summed E-state index contributed by atoms with van der Waals surface area (Å²) >= 11 is 0. The van der Waals surface area contributed by atoms with Crippen LogP contribution in [0, 0.1) is 11.6 Å². The van der Waals surface area contributed by atoms with Gasteiger partial charge in [0.05, 0.1) is 17.4 Å². The lowest BCUT2D eigenvalue weighted by atomic mass is 9.81. The minimum Gasteiger partial charge on any atom is -0.366 e. The molecule has 1 N–H and O–H groups in total. The van der Waals surface area contributed by atoms with Gasteiger partial charge in [-0.3, -0.25) is 14.8 Å². The van der Waals surface area contributed by atoms with Crippen molar-refractivity contribution in [1.29, 1.82) is 0 Å². The zero-order valence-electron chi connectivity index (χ0n) is 21.4. The summed E-state index contributed by atoms with van der Waals surface area (Å²) < 4.78 is 88.5. The van der Waals surface area contributed by atoms with Gasteiger partial charge in [0.1, 0.15) is 18.2 Å². The molecule has 2 aromatic heterocycles. The molecule has 1 unspecified atom stereocenters. The van der Waals surface area contributed by atoms with Gasteiger partial charge in [0, 0.05) is 60.9 Å². The van der Waals surface area contributed by atoms with Crippen LogP contribution in [0.2, 0.25) is 0 Å². The van der Waals surface area contributed by atoms with E-state index in [2.05, 4.69) is 15.3 Å². The van der Waals surface area contributed by atoms with E-state index in [0.29, 0.717) is 22.5 Å². The molecule has 0 spiro atoms. The van der Waals surface area contributed by atoms with Gasteiger partial charge < -0.3 is 10.1 Å². The fraction of sp³-hybridized carbons (Fsp3) is 0.414. The van der Waals surface area contributed by atoms with Crippen molar-refractivity contribution in [2.24, 2.45) is 0 Å². The van der Waals surface area contributed by atoms with Gasteiger partial charge in [0.25, 0.3) is 11.8 Å². The van der Waals surface area contributed by atoms with Crippen molar-refractivity contribution in [3.05, 3.63) is 82.9 Å². The number of carbonyl (C=O) groups excluding carboxylic acids is 1. The Morgan fingerprint density at radius 3 is 2.35 bits per heavy atom. The summed E-state index contributed by atoms with van der Waals surface area (Å²) in [5.74, 6) is -7.83. The Bertz CT molecular complexity index is 1360. The third kappa shape index (κ3) is 6.29. The molecule has 1 saturated carbocycles. The number of aromatic nitrogens is 2. The van der Waals surface area contributed by atoms with Gasteiger partial charge in [-0.2, -0.15) is 0 Å². The minimum absolute atomic E-state index is 0.0295. The maximum Gasteiger partial charge on any atom is 0.271 e. The molecule has 2 fully saturated rings. The second-order valence-electron chi connectivity index (χ2n) is 10.3. The lowest BCUT2D eigenvalue weighted by Gasteiger charge is -2.29. The average Bonchev–Trinajstić information content (AvgIpc) is 2.93. The Hall–Kier alpha value is -3.47. The molecule has 1 aliphatic heterocycles. The second kappa shape index (κ2) is 11.2. The number of amides is 1. The smallest absolute Gasteiger partial charge is 0.271 e. The number of pyridine rings is 2. The highest BCUT2D eigenvalue weighted by molar-refractivity contribution is 5.94. The number of rotatable bonds is 6. The molecular weight excluding hydrogens is 536 g/mol. The Labute approximate surface area is 227 Å². The lowest BCUT2D eigenvalue weighted by molar-refractivity contribution is -0.146. The Morgan fingerprint density at radius 2 is 1.68 bits per heavy atom. The summed E-state index contributed by atoms with van der Waals surface area (Å²) in [5.41, 5.74) is 1.76. The third-order valence-electron chi connectivity index (χ3n) is 7.48. The quantitative estimate of drug-likeness (QED) is 0.324. The summed E-state index contributed by atoms with van der Waals surface area (Å²) in [6, 6.07) is 7.57. The SMILES string of the molecule is O=C(NCc1c(-c2cc(F)ccc2F)ccnc1C1CCC(F)(F)CC1)c1ccc(C2CCC(F)(F)CO2)nc1. The first kappa shape index (κ1) is 28.1. The lowest BCUT2D eigenvalue weighted by Crippen LogP contribution is -2.31. The average molecular weight is 564 g/mol. The molecule has 1 atom stereocenters. The maximum absolute atomic E-state index is 14.8. The number of carbonyl (C=O) groups is 1. The van der Waals surface area contributed by atoms with E-state index in [4.69, 9.17) is 4.74 Å². The summed E-state index contributed by atoms with van der Waals surface area (Å²) in [4.78, 5) is 21.6. The molecular formula is C29H27F6N3O2. The predicted molar refractivity (Wildman–Crippen MR) is 134 cm³/mol. The summed E-state index contributed by atoms with van der Waals surface area (Å²) in [6.45, 7) is -0.815. The van der Waals surface area contributed by atoms with Gasteiger partial charge in [0.2, 0.25) is 5.92 Å². The molecule has 0 radical (unpaired) electrons. The molecule has 1 aromatic carbocycles. The standard InChI is InChI=1S/C29H27F6N3O2/c30-19-2-3-23(31)21(13-19)20-8-12-36-26(17-5-9-28(32,33)10-6-17)22(20)15-38-27(39)18-1-4-24(37-14-18)25-7-11-29(34,35)16-40-25/h1-4,8,12-14,17,25H,5-7,9-11,15-16H2,(H,38,39). The highest BCUT2D eigenvalue weighted by atomic mass is 19.3. The number of nitrogens with one attached hydrogen (secondary N) is 1. The first-order valence-corrected chi connectivity index (χ1v) is 13.1. The van der Waals surface area contributed by atoms with Crippen LogP contribution in [0.25, 0.3) is 11.1 Å². The van der Waals surface area contributed by atoms with Crippen LogP contribution in [-0.4, -0.2) is 34.3 Å². The van der Waals surface area contributed by atoms with E-state index in [1.54, 1.807) is 0 Å². The van der Waals surface area contributed by atoms with Gasteiger partial charge in [-0.25, -0.2) is 26.3 Å². The summed E-state index contributed by atoms with van der Waals surface area (Å²) in [5, 5.41) is 2.75. The molecule has 212 valence electrons. The Morgan fingerprint density at radius 1 is 0.925 bits per heavy atom. The van der Waals surface area contributed by atoms with Crippen LogP contribution in [0.5, 0.6) is 0 Å². The second-order valence-corrected chi connectivity index (χ2v) is 10.3. The first-order valence-electron chi connectivity index (χ1n) is 13.1. The number of nitrogens with zero attached hydrogens (tertiary/aromatic N) is 2. The highest BCUT2D eigenvalue weighted by Crippen LogP contribution is 2.43. The Kier molecular flexibility index (Phi) is 7.85. The number of ether oxygens (including phenoxy) is 1. The fourth-order valence-corrected chi connectivity index (χ4v) is 5.27. The van der Waals surface area contributed by atoms with Crippen LogP contribution < -0.4 is 5.32 Å². The number of hydrogen-bond acceptors (Lipinski definition) is 4. The summed E-state index contributed by atoms with van der Waals surface area (Å²) in [6.07, 6.45) is 1.62. The molecule has 1 aliphatic carbocycles. The normalized spacial score (nSPS) is 20.7. The van der Waals surface area contributed by atoms with Crippen molar-refractivity contribution in [3.63, 3.8) is 0 Å². The molecule has 1 amide bonds. The van der Waals surface area contributed by atoms with E-state index >= 15 is 0 Å². The van der Waals surface area contributed by atoms with Gasteiger partial charge in [-0.05, 0) is 61.2 Å². The highest BCUT2D eigenvalue weighted by Gasteiger charge is 2.38. The van der Waals surface area contributed by atoms with Crippen molar-refractivity contribution in [2.45, 2.75) is 68.9 Å². The van der Waals surface area contributed by atoms with Crippen molar-refractivity contribution < 1.29 is 35.9 Å². The largest absolute Gasteiger partial charge is 0.366 e. The van der Waals surface area contributed by atoms with Crippen LogP contribution in [0.4, 0.5) is 26.3 Å². The maximum atomic E-state index is 14.8. The first-order chi connectivity index (χ1) is 19.0. The van der Waals surface area contributed by atoms with E-state index in [9.17, 15) is 31.1 Å². The van der Waals surface area contributed by atoms with E-state index in [1.165, 1.54) is 30.6 Å². The molecule has 0 bridgehead atoms. The van der Waals surface area contributed by atoms with Gasteiger partial charge in [-0.1, -0.05) is 0 Å². The Balaban J connectivity index is 1.37. The molecule has 5 nitrogen and oxygen atoms in total. The monoisotopic (exact) mass is 563 g/mol. The molecule has 11 heteroatoms. The van der Waals surface area contributed by atoms with Crippen LogP contribution >= 0.6 is 0 Å². The van der Waals surface area contributed by atoms with Crippen molar-refractivity contribution in [1.82, 2.24) is 15.3 Å². The van der Waals surface area contributed by atoms with E-state index < -0.39 is 42.1 Å². The molecule has 1 saturated heterocycles. The van der Waals surface area contributed by atoms with Crippen molar-refractivity contribution in [3.8, 4) is 11.1 Å². The van der Waals surface area contributed by atoms with Gasteiger partial charge in [-0.15, -0.1) is 0 Å². The minimum atomic E-state index is -2.87. The van der Waals surface area contributed by atoms with E-state index in [1.807, 2.05) is 0 Å². The van der Waals surface area contributed by atoms with Crippen LogP contribution in [0.15, 0.2) is 48.8 Å². The molecule has 3 heterocycles. The number of halogens is 6. The van der Waals surface area contributed by atoms with Gasteiger partial charge in [0.15, 0.2) is 0 Å². The topological polar surface area (TPSA) is 64.1 Å². The number of alkyl halides is 4. The number of hydrogen-bond donors (Lipinski definition) is 1. The predicted octanol–water partition coefficient (Wildman–Crippen LogP) is 7.13. The van der Waals surface area contributed by atoms with E-state index in [0.717, 1.165) is 18.2 Å². The molecule has 5 rings (SSSR count). The van der Waals surface area contributed by atoms with Gasteiger partial charge >= 0.3 is 0 Å². The molecule has 40 heavy (non-hydrogen) atoms. The van der Waals surface area contributed by atoms with Crippen LogP contribution in [0.3, 0.4) is 0 Å². The molecule has 2 aliphatic rings. The van der Waals surface area contributed by atoms with Crippen molar-refractivity contribution in [2.75, 3.05) is 6.61 Å². The van der Waals surface area contributed by atoms with Crippen LogP contribution in [-0.2, 0) is 11.3 Å². The summed E-state index contributed by atoms with van der Waals surface area (Å²) in [7, 11) is 0. The molecule has 3 aromatic rings. The van der Waals surface area contributed by atoms with Crippen LogP contribution in [0.1, 0.15) is 77.9 Å². The third-order valence-corrected chi connectivity index (χ3v) is 7.48. The van der Waals surface area contributed by atoms with E-state index in [-0.39, 0.29) is 62.1 Å². The number of benzene rings is 1. The van der Waals surface area contributed by atoms with Crippen molar-refractivity contribution >= 4 is 5.91 Å². The fourth-order valence-electron chi connectivity index (χ4n) is 5.27. The zero-order valence-corrected chi connectivity index (χ0v) is 21.4.